The van der Waals surface area contributed by atoms with Crippen molar-refractivity contribution in [2.75, 3.05) is 0 Å². The summed E-state index contributed by atoms with van der Waals surface area (Å²) in [5, 5.41) is 5.36. The van der Waals surface area contributed by atoms with Gasteiger partial charge in [-0.3, -0.25) is 4.79 Å². The Morgan fingerprint density at radius 3 is 2.44 bits per heavy atom. The van der Waals surface area contributed by atoms with Crippen LogP contribution in [0.2, 0.25) is 10.0 Å². The first kappa shape index (κ1) is 17.1. The first-order valence-corrected chi connectivity index (χ1v) is 9.45. The molecule has 132 valence electrons. The fourth-order valence-corrected chi connectivity index (χ4v) is 3.91. The van der Waals surface area contributed by atoms with Crippen molar-refractivity contribution in [1.29, 1.82) is 0 Å². The minimum Gasteiger partial charge on any atom is -0.373 e. The van der Waals surface area contributed by atoms with Gasteiger partial charge in [0.15, 0.2) is 0 Å². The second kappa shape index (κ2) is 7.10. The van der Waals surface area contributed by atoms with E-state index in [4.69, 9.17) is 32.5 Å². The third kappa shape index (κ3) is 3.62. The molecule has 2 aliphatic rings. The first-order valence-electron chi connectivity index (χ1n) is 8.69. The van der Waals surface area contributed by atoms with Crippen molar-refractivity contribution in [1.82, 2.24) is 5.16 Å². The van der Waals surface area contributed by atoms with E-state index in [9.17, 15) is 4.79 Å². The van der Waals surface area contributed by atoms with Crippen LogP contribution in [-0.2, 0) is 16.1 Å². The molecular weight excluding hydrogens is 361 g/mol. The SMILES string of the molecule is O=C1CCC(OCc2c(-c3c(Cl)cccc3Cl)noc2C2CC2)CC1. The van der Waals surface area contributed by atoms with Crippen molar-refractivity contribution >= 4 is 29.0 Å². The van der Waals surface area contributed by atoms with E-state index >= 15 is 0 Å². The van der Waals surface area contributed by atoms with Gasteiger partial charge in [0.05, 0.1) is 22.8 Å². The molecule has 0 radical (unpaired) electrons. The summed E-state index contributed by atoms with van der Waals surface area (Å²) >= 11 is 12.7. The molecule has 0 unspecified atom stereocenters. The van der Waals surface area contributed by atoms with Crippen LogP contribution < -0.4 is 0 Å². The zero-order chi connectivity index (χ0) is 17.4. The lowest BCUT2D eigenvalue weighted by Crippen LogP contribution is -2.21. The molecule has 1 heterocycles. The number of carbonyl (C=O) groups is 1. The summed E-state index contributed by atoms with van der Waals surface area (Å²) in [6, 6.07) is 5.41. The molecule has 1 aromatic carbocycles. The molecule has 25 heavy (non-hydrogen) atoms. The summed E-state index contributed by atoms with van der Waals surface area (Å²) in [6.45, 7) is 0.408. The molecule has 2 aliphatic carbocycles. The van der Waals surface area contributed by atoms with E-state index < -0.39 is 0 Å². The fourth-order valence-electron chi connectivity index (χ4n) is 3.33. The number of ketones is 1. The molecule has 0 atom stereocenters. The highest BCUT2D eigenvalue weighted by Gasteiger charge is 2.34. The standard InChI is InChI=1S/C19H19Cl2NO3/c20-15-2-1-3-16(21)17(15)18-14(19(25-22-18)11-4-5-11)10-24-13-8-6-12(23)7-9-13/h1-3,11,13H,4-10H2. The second-order valence-electron chi connectivity index (χ2n) is 6.79. The van der Waals surface area contributed by atoms with Crippen LogP contribution in [-0.4, -0.2) is 17.0 Å². The Hall–Kier alpha value is -1.36. The monoisotopic (exact) mass is 379 g/mol. The number of hydrogen-bond donors (Lipinski definition) is 0. The van der Waals surface area contributed by atoms with Gasteiger partial charge in [0, 0.05) is 29.9 Å². The van der Waals surface area contributed by atoms with Gasteiger partial charge in [-0.25, -0.2) is 0 Å². The van der Waals surface area contributed by atoms with E-state index in [1.807, 2.05) is 6.07 Å². The van der Waals surface area contributed by atoms with Gasteiger partial charge < -0.3 is 9.26 Å². The molecular formula is C19H19Cl2NO3. The van der Waals surface area contributed by atoms with Crippen LogP contribution >= 0.6 is 23.2 Å². The first-order chi connectivity index (χ1) is 12.1. The summed E-state index contributed by atoms with van der Waals surface area (Å²) in [5.74, 6) is 1.62. The van der Waals surface area contributed by atoms with E-state index in [-0.39, 0.29) is 6.10 Å². The lowest BCUT2D eigenvalue weighted by Gasteiger charge is -2.21. The average molecular weight is 380 g/mol. The summed E-state index contributed by atoms with van der Waals surface area (Å²) in [5.41, 5.74) is 2.30. The van der Waals surface area contributed by atoms with Crippen LogP contribution in [0.3, 0.4) is 0 Å². The maximum Gasteiger partial charge on any atom is 0.145 e. The van der Waals surface area contributed by atoms with Crippen LogP contribution in [0.1, 0.15) is 55.8 Å². The summed E-state index contributed by atoms with van der Waals surface area (Å²) in [7, 11) is 0. The number of halogens is 2. The van der Waals surface area contributed by atoms with Crippen LogP contribution in [0.25, 0.3) is 11.3 Å². The molecule has 4 nitrogen and oxygen atoms in total. The van der Waals surface area contributed by atoms with E-state index in [1.165, 1.54) is 0 Å². The Labute approximate surface area is 156 Å². The van der Waals surface area contributed by atoms with Crippen LogP contribution in [0.5, 0.6) is 0 Å². The molecule has 0 spiro atoms. The normalized spacial score (nSPS) is 18.7. The third-order valence-electron chi connectivity index (χ3n) is 4.92. The number of rotatable bonds is 5. The number of aromatic nitrogens is 1. The highest BCUT2D eigenvalue weighted by atomic mass is 35.5. The van der Waals surface area contributed by atoms with Gasteiger partial charge in [0.2, 0.25) is 0 Å². The summed E-state index contributed by atoms with van der Waals surface area (Å²) in [6.07, 6.45) is 5.09. The Bertz CT molecular complexity index is 768. The van der Waals surface area contributed by atoms with Gasteiger partial charge in [-0.1, -0.05) is 34.4 Å². The topological polar surface area (TPSA) is 52.3 Å². The maximum absolute atomic E-state index is 11.4. The number of benzene rings is 1. The maximum atomic E-state index is 11.4. The van der Waals surface area contributed by atoms with Gasteiger partial charge in [-0.05, 0) is 37.8 Å². The molecule has 6 heteroatoms. The second-order valence-corrected chi connectivity index (χ2v) is 7.61. The summed E-state index contributed by atoms with van der Waals surface area (Å²) in [4.78, 5) is 11.4. The number of ether oxygens (including phenoxy) is 1. The van der Waals surface area contributed by atoms with E-state index in [2.05, 4.69) is 5.16 Å². The molecule has 2 fully saturated rings. The van der Waals surface area contributed by atoms with Crippen LogP contribution in [0, 0.1) is 0 Å². The number of Topliss-reactive ketones (excluding diaryl/α,β-unsaturated/α-hetero) is 1. The van der Waals surface area contributed by atoms with Gasteiger partial charge >= 0.3 is 0 Å². The smallest absolute Gasteiger partial charge is 0.145 e. The number of nitrogens with zero attached hydrogens (tertiary/aromatic N) is 1. The van der Waals surface area contributed by atoms with Crippen LogP contribution in [0.15, 0.2) is 22.7 Å². The highest BCUT2D eigenvalue weighted by molar-refractivity contribution is 6.39. The Morgan fingerprint density at radius 1 is 1.12 bits per heavy atom. The summed E-state index contributed by atoms with van der Waals surface area (Å²) < 4.78 is 11.7. The quantitative estimate of drug-likeness (QED) is 0.682. The van der Waals surface area contributed by atoms with Crippen molar-refractivity contribution in [3.05, 3.63) is 39.6 Å². The fraction of sp³-hybridized carbons (Fsp3) is 0.474. The predicted octanol–water partition coefficient (Wildman–Crippen LogP) is 5.55. The van der Waals surface area contributed by atoms with Gasteiger partial charge in [-0.2, -0.15) is 0 Å². The third-order valence-corrected chi connectivity index (χ3v) is 5.55. The molecule has 0 bridgehead atoms. The molecule has 2 aromatic rings. The van der Waals surface area contributed by atoms with E-state index in [0.29, 0.717) is 52.5 Å². The lowest BCUT2D eigenvalue weighted by molar-refractivity contribution is -0.123. The Balaban J connectivity index is 1.61. The van der Waals surface area contributed by atoms with Crippen molar-refractivity contribution in [2.24, 2.45) is 0 Å². The molecule has 0 N–H and O–H groups in total. The van der Waals surface area contributed by atoms with Crippen LogP contribution in [0.4, 0.5) is 0 Å². The highest BCUT2D eigenvalue weighted by Crippen LogP contribution is 2.46. The predicted molar refractivity (Wildman–Crippen MR) is 96.0 cm³/mol. The van der Waals surface area contributed by atoms with Gasteiger partial charge in [-0.15, -0.1) is 0 Å². The molecule has 0 saturated heterocycles. The van der Waals surface area contributed by atoms with E-state index in [0.717, 1.165) is 37.0 Å². The minimum atomic E-state index is 0.106. The Morgan fingerprint density at radius 2 is 1.80 bits per heavy atom. The van der Waals surface area contributed by atoms with Crippen molar-refractivity contribution in [3.63, 3.8) is 0 Å². The van der Waals surface area contributed by atoms with Crippen molar-refractivity contribution in [3.8, 4) is 11.3 Å². The van der Waals surface area contributed by atoms with Gasteiger partial charge in [0.1, 0.15) is 17.2 Å². The average Bonchev–Trinajstić information content (AvgIpc) is 3.36. The molecule has 2 saturated carbocycles. The van der Waals surface area contributed by atoms with Gasteiger partial charge in [0.25, 0.3) is 0 Å². The lowest BCUT2D eigenvalue weighted by atomic mass is 9.96. The minimum absolute atomic E-state index is 0.106. The van der Waals surface area contributed by atoms with Crippen molar-refractivity contribution < 1.29 is 14.1 Å². The van der Waals surface area contributed by atoms with Crippen molar-refractivity contribution in [2.45, 2.75) is 57.2 Å². The molecule has 4 rings (SSSR count). The number of carbonyl (C=O) groups excluding carboxylic acids is 1. The molecule has 0 amide bonds. The zero-order valence-corrected chi connectivity index (χ0v) is 15.3. The molecule has 1 aromatic heterocycles. The molecule has 0 aliphatic heterocycles. The number of hydrogen-bond acceptors (Lipinski definition) is 4. The largest absolute Gasteiger partial charge is 0.373 e. The Kier molecular flexibility index (Phi) is 4.85. The zero-order valence-electron chi connectivity index (χ0n) is 13.8. The van der Waals surface area contributed by atoms with E-state index in [1.54, 1.807) is 12.1 Å².